The van der Waals surface area contributed by atoms with Crippen LogP contribution >= 0.6 is 23.1 Å². The number of imide groups is 1. The number of nitrogens with zero attached hydrogens (tertiary/aromatic N) is 3. The van der Waals surface area contributed by atoms with Crippen LogP contribution < -0.4 is 16.0 Å². The average molecular weight is 493 g/mol. The number of anilines is 1. The smallest absolute Gasteiger partial charge is 0.290 e. The molecule has 4 heterocycles. The van der Waals surface area contributed by atoms with Crippen LogP contribution in [-0.2, 0) is 11.3 Å². The van der Waals surface area contributed by atoms with Crippen molar-refractivity contribution in [1.29, 1.82) is 0 Å². The summed E-state index contributed by atoms with van der Waals surface area (Å²) in [4.78, 5) is 38.2. The highest BCUT2D eigenvalue weighted by Crippen LogP contribution is 2.26. The molecule has 0 bridgehead atoms. The number of aromatic nitrogens is 3. The van der Waals surface area contributed by atoms with Crippen molar-refractivity contribution in [2.24, 2.45) is 0 Å². The third kappa shape index (κ3) is 5.69. The van der Waals surface area contributed by atoms with Gasteiger partial charge in [0, 0.05) is 24.8 Å². The van der Waals surface area contributed by atoms with Gasteiger partial charge < -0.3 is 10.6 Å². The summed E-state index contributed by atoms with van der Waals surface area (Å²) in [5.41, 5.74) is 2.68. The van der Waals surface area contributed by atoms with Gasteiger partial charge in [0.1, 0.15) is 0 Å². The Bertz CT molecular complexity index is 1210. The van der Waals surface area contributed by atoms with Gasteiger partial charge in [0.05, 0.1) is 26.9 Å². The van der Waals surface area contributed by atoms with Crippen LogP contribution in [0.25, 0.3) is 16.6 Å². The Labute approximate surface area is 205 Å². The van der Waals surface area contributed by atoms with Gasteiger partial charge in [0.15, 0.2) is 0 Å². The molecule has 1 aliphatic carbocycles. The molecule has 8 nitrogen and oxygen atoms in total. The lowest BCUT2D eigenvalue weighted by molar-refractivity contribution is -0.115. The Balaban J connectivity index is 1.11. The molecule has 10 heteroatoms. The number of hydrogen-bond acceptors (Lipinski definition) is 9. The second-order valence-electron chi connectivity index (χ2n) is 8.22. The number of hydrogen-bond donors (Lipinski definition) is 3. The van der Waals surface area contributed by atoms with Gasteiger partial charge in [-0.1, -0.05) is 12.1 Å². The van der Waals surface area contributed by atoms with E-state index in [1.54, 1.807) is 29.7 Å². The van der Waals surface area contributed by atoms with E-state index in [1.807, 2.05) is 6.07 Å². The highest BCUT2D eigenvalue weighted by molar-refractivity contribution is 8.18. The zero-order valence-corrected chi connectivity index (χ0v) is 20.0. The number of thioether (sulfide) groups is 1. The minimum absolute atomic E-state index is 0.298. The standard InChI is InChI=1S/C24H24N6O2S2/c31-22-21(34-24(32)30-22)13-17-10-11-25-23(29-17)28-16-8-6-15(7-9-16)26-14-18-3-1-4-19(27-18)20-5-2-12-33-20/h1-5,10-13,15-16,26H,6-9,14H2,(H,25,28,29)(H,30,31,32)/b21-13-/t15-,16-. The second-order valence-corrected chi connectivity index (χ2v) is 10.2. The van der Waals surface area contributed by atoms with Gasteiger partial charge in [0.2, 0.25) is 5.95 Å². The normalized spacial score (nSPS) is 21.6. The predicted molar refractivity (Wildman–Crippen MR) is 135 cm³/mol. The van der Waals surface area contributed by atoms with Crippen LogP contribution in [0.4, 0.5) is 10.7 Å². The fourth-order valence-corrected chi connectivity index (χ4v) is 5.45. The Kier molecular flexibility index (Phi) is 6.98. The number of pyridine rings is 1. The molecule has 0 spiro atoms. The molecular weight excluding hydrogens is 468 g/mol. The minimum atomic E-state index is -0.387. The summed E-state index contributed by atoms with van der Waals surface area (Å²) in [5.74, 6) is 0.150. The Morgan fingerprint density at radius 1 is 1.03 bits per heavy atom. The molecule has 0 radical (unpaired) electrons. The van der Waals surface area contributed by atoms with Crippen molar-refractivity contribution in [2.75, 3.05) is 5.32 Å². The quantitative estimate of drug-likeness (QED) is 0.416. The van der Waals surface area contributed by atoms with Gasteiger partial charge in [-0.2, -0.15) is 0 Å². The molecule has 3 aromatic rings. The largest absolute Gasteiger partial charge is 0.351 e. The molecule has 2 amide bonds. The van der Waals surface area contributed by atoms with Gasteiger partial charge in [-0.3, -0.25) is 19.9 Å². The van der Waals surface area contributed by atoms with Crippen LogP contribution in [0.3, 0.4) is 0 Å². The van der Waals surface area contributed by atoms with E-state index in [0.29, 0.717) is 28.6 Å². The fraction of sp³-hybridized carbons (Fsp3) is 0.292. The van der Waals surface area contributed by atoms with Crippen LogP contribution in [0.2, 0.25) is 0 Å². The number of carbonyl (C=O) groups is 2. The molecular formula is C24H24N6O2S2. The predicted octanol–water partition coefficient (Wildman–Crippen LogP) is 4.44. The Morgan fingerprint density at radius 2 is 1.88 bits per heavy atom. The molecule has 1 aliphatic heterocycles. The maximum absolute atomic E-state index is 11.7. The third-order valence-electron chi connectivity index (χ3n) is 5.81. The highest BCUT2D eigenvalue weighted by atomic mass is 32.2. The maximum Gasteiger partial charge on any atom is 0.290 e. The molecule has 3 N–H and O–H groups in total. The van der Waals surface area contributed by atoms with Crippen LogP contribution in [0.15, 0.2) is 52.9 Å². The minimum Gasteiger partial charge on any atom is -0.351 e. The van der Waals surface area contributed by atoms with Crippen molar-refractivity contribution in [3.8, 4) is 10.6 Å². The van der Waals surface area contributed by atoms with Crippen molar-refractivity contribution in [3.05, 3.63) is 64.3 Å². The van der Waals surface area contributed by atoms with E-state index in [1.165, 1.54) is 4.88 Å². The summed E-state index contributed by atoms with van der Waals surface area (Å²) in [6, 6.07) is 12.8. The van der Waals surface area contributed by atoms with Gasteiger partial charge in [-0.15, -0.1) is 11.3 Å². The first-order valence-electron chi connectivity index (χ1n) is 11.2. The first kappa shape index (κ1) is 22.7. The molecule has 1 saturated heterocycles. The molecule has 2 aliphatic rings. The summed E-state index contributed by atoms with van der Waals surface area (Å²) in [5, 5.41) is 11.0. The van der Waals surface area contributed by atoms with Crippen LogP contribution in [-0.4, -0.2) is 38.2 Å². The van der Waals surface area contributed by atoms with Gasteiger partial charge >= 0.3 is 0 Å². The van der Waals surface area contributed by atoms with E-state index in [2.05, 4.69) is 55.6 Å². The molecule has 0 unspecified atom stereocenters. The van der Waals surface area contributed by atoms with Crippen molar-refractivity contribution >= 4 is 46.3 Å². The van der Waals surface area contributed by atoms with E-state index in [0.717, 1.165) is 55.4 Å². The molecule has 2 fully saturated rings. The topological polar surface area (TPSA) is 109 Å². The lowest BCUT2D eigenvalue weighted by Gasteiger charge is -2.29. The second kappa shape index (κ2) is 10.5. The molecule has 34 heavy (non-hydrogen) atoms. The molecule has 1 saturated carbocycles. The summed E-state index contributed by atoms with van der Waals surface area (Å²) >= 11 is 2.59. The zero-order valence-electron chi connectivity index (χ0n) is 18.4. The monoisotopic (exact) mass is 492 g/mol. The van der Waals surface area contributed by atoms with Gasteiger partial charge in [-0.05, 0) is 73.2 Å². The first-order chi connectivity index (χ1) is 16.6. The van der Waals surface area contributed by atoms with Crippen molar-refractivity contribution in [3.63, 3.8) is 0 Å². The summed E-state index contributed by atoms with van der Waals surface area (Å²) in [6.45, 7) is 0.760. The SMILES string of the molecule is O=C1NC(=O)/C(=C/c2ccnc(N[C@H]3CC[C@H](NCc4cccc(-c5cccs5)n4)CC3)n2)S1. The summed E-state index contributed by atoms with van der Waals surface area (Å²) in [6.07, 6.45) is 7.42. The van der Waals surface area contributed by atoms with Gasteiger partial charge in [0.25, 0.3) is 11.1 Å². The molecule has 3 aromatic heterocycles. The van der Waals surface area contributed by atoms with E-state index in [9.17, 15) is 9.59 Å². The highest BCUT2D eigenvalue weighted by Gasteiger charge is 2.25. The summed E-state index contributed by atoms with van der Waals surface area (Å²) in [7, 11) is 0. The third-order valence-corrected chi connectivity index (χ3v) is 7.51. The van der Waals surface area contributed by atoms with E-state index in [-0.39, 0.29) is 11.1 Å². The number of rotatable bonds is 7. The first-order valence-corrected chi connectivity index (χ1v) is 12.9. The fourth-order valence-electron chi connectivity index (χ4n) is 4.09. The zero-order chi connectivity index (χ0) is 23.3. The maximum atomic E-state index is 11.7. The Morgan fingerprint density at radius 3 is 2.65 bits per heavy atom. The van der Waals surface area contributed by atoms with Crippen molar-refractivity contribution in [1.82, 2.24) is 25.6 Å². The van der Waals surface area contributed by atoms with Crippen LogP contribution in [0.1, 0.15) is 37.1 Å². The number of thiophene rings is 1. The number of carbonyl (C=O) groups excluding carboxylic acids is 2. The molecule has 0 aromatic carbocycles. The Hall–Kier alpha value is -3.08. The number of nitrogens with one attached hydrogen (secondary N) is 3. The van der Waals surface area contributed by atoms with Crippen LogP contribution in [0.5, 0.6) is 0 Å². The molecule has 5 rings (SSSR count). The lowest BCUT2D eigenvalue weighted by atomic mass is 9.91. The van der Waals surface area contributed by atoms with E-state index < -0.39 is 0 Å². The van der Waals surface area contributed by atoms with Crippen molar-refractivity contribution in [2.45, 2.75) is 44.3 Å². The molecule has 174 valence electrons. The van der Waals surface area contributed by atoms with Crippen LogP contribution in [0, 0.1) is 0 Å². The molecule has 0 atom stereocenters. The van der Waals surface area contributed by atoms with Gasteiger partial charge in [-0.25, -0.2) is 9.97 Å². The summed E-state index contributed by atoms with van der Waals surface area (Å²) < 4.78 is 0. The lowest BCUT2D eigenvalue weighted by Crippen LogP contribution is -2.37. The van der Waals surface area contributed by atoms with Crippen molar-refractivity contribution < 1.29 is 9.59 Å². The number of amides is 2. The average Bonchev–Trinajstić information content (AvgIpc) is 3.49. The van der Waals surface area contributed by atoms with E-state index in [4.69, 9.17) is 4.98 Å². The van der Waals surface area contributed by atoms with E-state index >= 15 is 0 Å².